The molecule has 0 saturated carbocycles. The second-order valence-corrected chi connectivity index (χ2v) is 3.52. The lowest BCUT2D eigenvalue weighted by molar-refractivity contribution is -0.385. The fourth-order valence-electron chi connectivity index (χ4n) is 1.03. The molecule has 1 aromatic carbocycles. The second kappa shape index (κ2) is 5.22. The standard InChI is InChI=1S/C9H7ClF3NO3/c10-6-1-2-7(14(15)16)8(5-6)17-4-3-9(11,12)13/h1-2,5H,3-4H2. The molecule has 8 heteroatoms. The van der Waals surface area contributed by atoms with Gasteiger partial charge >= 0.3 is 11.9 Å². The number of nitro groups is 1. The van der Waals surface area contributed by atoms with E-state index >= 15 is 0 Å². The van der Waals surface area contributed by atoms with Crippen molar-refractivity contribution in [2.45, 2.75) is 12.6 Å². The first-order valence-corrected chi connectivity index (χ1v) is 4.81. The van der Waals surface area contributed by atoms with E-state index in [4.69, 9.17) is 16.3 Å². The molecule has 4 nitrogen and oxygen atoms in total. The molecule has 0 aliphatic carbocycles. The van der Waals surface area contributed by atoms with Crippen molar-refractivity contribution in [2.75, 3.05) is 6.61 Å². The Labute approximate surface area is 99.1 Å². The number of halogens is 4. The topological polar surface area (TPSA) is 52.4 Å². The average Bonchev–Trinajstić information content (AvgIpc) is 2.15. The lowest BCUT2D eigenvalue weighted by Gasteiger charge is -2.08. The van der Waals surface area contributed by atoms with Gasteiger partial charge in [-0.3, -0.25) is 10.1 Å². The summed E-state index contributed by atoms with van der Waals surface area (Å²) >= 11 is 5.57. The summed E-state index contributed by atoms with van der Waals surface area (Å²) in [6.45, 7) is -0.690. The molecule has 0 atom stereocenters. The summed E-state index contributed by atoms with van der Waals surface area (Å²) < 4.78 is 40.3. The van der Waals surface area contributed by atoms with Crippen molar-refractivity contribution < 1.29 is 22.8 Å². The van der Waals surface area contributed by atoms with E-state index in [1.807, 2.05) is 0 Å². The van der Waals surface area contributed by atoms with E-state index in [9.17, 15) is 23.3 Å². The van der Waals surface area contributed by atoms with E-state index in [0.29, 0.717) is 0 Å². The summed E-state index contributed by atoms with van der Waals surface area (Å²) in [5.74, 6) is -0.272. The predicted octanol–water partition coefficient (Wildman–Crippen LogP) is 3.58. The molecular weight excluding hydrogens is 263 g/mol. The number of rotatable bonds is 4. The minimum absolute atomic E-state index is 0.151. The molecule has 0 aromatic heterocycles. The Hall–Kier alpha value is -1.50. The molecule has 0 spiro atoms. The number of benzene rings is 1. The molecule has 0 fully saturated rings. The number of nitro benzene ring substituents is 1. The Kier molecular flexibility index (Phi) is 4.17. The van der Waals surface area contributed by atoms with Crippen molar-refractivity contribution in [3.8, 4) is 5.75 Å². The van der Waals surface area contributed by atoms with Gasteiger partial charge in [-0.15, -0.1) is 0 Å². The van der Waals surface area contributed by atoms with Crippen molar-refractivity contribution in [3.05, 3.63) is 33.3 Å². The molecule has 0 radical (unpaired) electrons. The molecule has 0 bridgehead atoms. The third-order valence-electron chi connectivity index (χ3n) is 1.76. The Balaban J connectivity index is 2.75. The number of nitrogens with zero attached hydrogens (tertiary/aromatic N) is 1. The minimum Gasteiger partial charge on any atom is -0.486 e. The first-order chi connectivity index (χ1) is 7.79. The van der Waals surface area contributed by atoms with E-state index in [1.165, 1.54) is 6.07 Å². The molecule has 0 amide bonds. The zero-order valence-electron chi connectivity index (χ0n) is 8.33. The SMILES string of the molecule is O=[N+]([O-])c1ccc(Cl)cc1OCCC(F)(F)F. The van der Waals surface area contributed by atoms with Gasteiger partial charge in [0.05, 0.1) is 18.0 Å². The Morgan fingerprint density at radius 2 is 2.06 bits per heavy atom. The van der Waals surface area contributed by atoms with Crippen molar-refractivity contribution in [3.63, 3.8) is 0 Å². The van der Waals surface area contributed by atoms with Crippen LogP contribution in [0, 0.1) is 10.1 Å². The van der Waals surface area contributed by atoms with Crippen LogP contribution in [-0.4, -0.2) is 17.7 Å². The molecule has 0 unspecified atom stereocenters. The number of ether oxygens (including phenoxy) is 1. The molecule has 1 rings (SSSR count). The summed E-state index contributed by atoms with van der Waals surface area (Å²) in [7, 11) is 0. The molecule has 0 N–H and O–H groups in total. The summed E-state index contributed by atoms with van der Waals surface area (Å²) in [6.07, 6.45) is -5.55. The lowest BCUT2D eigenvalue weighted by atomic mass is 10.3. The van der Waals surface area contributed by atoms with Gasteiger partial charge in [0.2, 0.25) is 0 Å². The van der Waals surface area contributed by atoms with Crippen LogP contribution in [0.15, 0.2) is 18.2 Å². The quantitative estimate of drug-likeness (QED) is 0.620. The Bertz CT molecular complexity index is 422. The van der Waals surface area contributed by atoms with Gasteiger partial charge in [-0.2, -0.15) is 13.2 Å². The smallest absolute Gasteiger partial charge is 0.392 e. The van der Waals surface area contributed by atoms with Crippen LogP contribution >= 0.6 is 11.6 Å². The van der Waals surface area contributed by atoms with Gasteiger partial charge in [0.15, 0.2) is 5.75 Å². The van der Waals surface area contributed by atoms with Crippen LogP contribution in [0.4, 0.5) is 18.9 Å². The van der Waals surface area contributed by atoms with Crippen LogP contribution in [0.3, 0.4) is 0 Å². The highest BCUT2D eigenvalue weighted by Gasteiger charge is 2.27. The van der Waals surface area contributed by atoms with Gasteiger partial charge in [0, 0.05) is 17.2 Å². The van der Waals surface area contributed by atoms with Crippen LogP contribution in [0.5, 0.6) is 5.75 Å². The zero-order chi connectivity index (χ0) is 13.1. The predicted molar refractivity (Wildman–Crippen MR) is 54.3 cm³/mol. The van der Waals surface area contributed by atoms with E-state index < -0.39 is 29.8 Å². The van der Waals surface area contributed by atoms with Gasteiger partial charge in [-0.05, 0) is 6.07 Å². The highest BCUT2D eigenvalue weighted by atomic mass is 35.5. The first-order valence-electron chi connectivity index (χ1n) is 4.43. The van der Waals surface area contributed by atoms with Crippen molar-refractivity contribution in [1.82, 2.24) is 0 Å². The van der Waals surface area contributed by atoms with E-state index in [2.05, 4.69) is 0 Å². The Morgan fingerprint density at radius 3 is 2.59 bits per heavy atom. The van der Waals surface area contributed by atoms with E-state index in [0.717, 1.165) is 12.1 Å². The highest BCUT2D eigenvalue weighted by molar-refractivity contribution is 6.30. The van der Waals surface area contributed by atoms with Crippen LogP contribution in [0.2, 0.25) is 5.02 Å². The minimum atomic E-state index is -4.37. The first kappa shape index (κ1) is 13.6. The summed E-state index contributed by atoms with van der Waals surface area (Å²) in [5.41, 5.74) is -0.420. The summed E-state index contributed by atoms with van der Waals surface area (Å²) in [4.78, 5) is 9.80. The highest BCUT2D eigenvalue weighted by Crippen LogP contribution is 2.30. The summed E-state index contributed by atoms with van der Waals surface area (Å²) in [6, 6.07) is 3.44. The third kappa shape index (κ3) is 4.48. The van der Waals surface area contributed by atoms with Crippen LogP contribution in [0.1, 0.15) is 6.42 Å². The normalized spacial score (nSPS) is 11.3. The maximum Gasteiger partial charge on any atom is 0.392 e. The molecule has 0 heterocycles. The third-order valence-corrected chi connectivity index (χ3v) is 2.00. The van der Waals surface area contributed by atoms with E-state index in [-0.39, 0.29) is 10.8 Å². The summed E-state index contributed by atoms with van der Waals surface area (Å²) in [5, 5.41) is 10.7. The molecule has 94 valence electrons. The fourth-order valence-corrected chi connectivity index (χ4v) is 1.19. The van der Waals surface area contributed by atoms with Gasteiger partial charge in [-0.1, -0.05) is 11.6 Å². The molecular formula is C9H7ClF3NO3. The second-order valence-electron chi connectivity index (χ2n) is 3.08. The average molecular weight is 270 g/mol. The van der Waals surface area contributed by atoms with Crippen LogP contribution in [-0.2, 0) is 0 Å². The molecule has 0 aliphatic heterocycles. The maximum absolute atomic E-state index is 11.9. The van der Waals surface area contributed by atoms with Crippen molar-refractivity contribution in [1.29, 1.82) is 0 Å². The van der Waals surface area contributed by atoms with Crippen LogP contribution in [0.25, 0.3) is 0 Å². The molecule has 0 aliphatic rings. The van der Waals surface area contributed by atoms with Crippen molar-refractivity contribution >= 4 is 17.3 Å². The zero-order valence-corrected chi connectivity index (χ0v) is 9.09. The van der Waals surface area contributed by atoms with Crippen molar-refractivity contribution in [2.24, 2.45) is 0 Å². The van der Waals surface area contributed by atoms with Gasteiger partial charge in [-0.25, -0.2) is 0 Å². The van der Waals surface area contributed by atoms with Gasteiger partial charge in [0.25, 0.3) is 0 Å². The molecule has 0 saturated heterocycles. The van der Waals surface area contributed by atoms with Gasteiger partial charge < -0.3 is 4.74 Å². The van der Waals surface area contributed by atoms with Crippen LogP contribution < -0.4 is 4.74 Å². The Morgan fingerprint density at radius 1 is 1.41 bits per heavy atom. The number of hydrogen-bond donors (Lipinski definition) is 0. The lowest BCUT2D eigenvalue weighted by Crippen LogP contribution is -2.13. The monoisotopic (exact) mass is 269 g/mol. The molecule has 1 aromatic rings. The van der Waals surface area contributed by atoms with E-state index in [1.54, 1.807) is 0 Å². The largest absolute Gasteiger partial charge is 0.486 e. The molecule has 17 heavy (non-hydrogen) atoms. The fraction of sp³-hybridized carbons (Fsp3) is 0.333. The van der Waals surface area contributed by atoms with Gasteiger partial charge in [0.1, 0.15) is 0 Å². The maximum atomic E-state index is 11.9. The number of hydrogen-bond acceptors (Lipinski definition) is 3. The number of alkyl halides is 3.